The van der Waals surface area contributed by atoms with Gasteiger partial charge in [0.1, 0.15) is 6.61 Å². The van der Waals surface area contributed by atoms with E-state index in [1.54, 1.807) is 31.2 Å². The number of aromatic hydroxyl groups is 1. The van der Waals surface area contributed by atoms with Crippen LogP contribution in [-0.2, 0) is 9.53 Å². The molecule has 3 rings (SSSR count). The summed E-state index contributed by atoms with van der Waals surface area (Å²) in [6.07, 6.45) is -0.228. The minimum Gasteiger partial charge on any atom is -0.504 e. The largest absolute Gasteiger partial charge is 0.504 e. The number of benzene rings is 2. The molecule has 8 heteroatoms. The van der Waals surface area contributed by atoms with Gasteiger partial charge in [0.15, 0.2) is 17.3 Å². The van der Waals surface area contributed by atoms with Crippen LogP contribution in [0, 0.1) is 0 Å². The zero-order valence-electron chi connectivity index (χ0n) is 16.4. The van der Waals surface area contributed by atoms with Crippen LogP contribution in [0.4, 0.5) is 0 Å². The Morgan fingerprint density at radius 3 is 2.30 bits per heavy atom. The molecule has 8 nitrogen and oxygen atoms in total. The van der Waals surface area contributed by atoms with Crippen molar-refractivity contribution in [2.45, 2.75) is 19.8 Å². The topological polar surface area (TPSA) is 110 Å². The van der Waals surface area contributed by atoms with Crippen molar-refractivity contribution >= 4 is 23.6 Å². The third kappa shape index (κ3) is 4.48. The van der Waals surface area contributed by atoms with Crippen LogP contribution in [0.2, 0.25) is 0 Å². The van der Waals surface area contributed by atoms with Crippen LogP contribution in [0.5, 0.6) is 11.5 Å². The van der Waals surface area contributed by atoms with Crippen LogP contribution in [0.3, 0.4) is 0 Å². The van der Waals surface area contributed by atoms with E-state index in [0.29, 0.717) is 23.3 Å². The van der Waals surface area contributed by atoms with Gasteiger partial charge in [-0.2, -0.15) is 0 Å². The number of fused-ring (bicyclic) bond motifs is 1. The number of Topliss-reactive ketones (excluding diaryl/α,β-unsaturated/α-hetero) is 1. The highest BCUT2D eigenvalue weighted by Gasteiger charge is 2.34. The van der Waals surface area contributed by atoms with Crippen LogP contribution in [-0.4, -0.2) is 53.3 Å². The van der Waals surface area contributed by atoms with Crippen LogP contribution >= 0.6 is 0 Å². The molecule has 0 saturated carbocycles. The molecule has 0 spiro atoms. The quantitative estimate of drug-likeness (QED) is 0.384. The number of rotatable bonds is 9. The molecule has 0 unspecified atom stereocenters. The summed E-state index contributed by atoms with van der Waals surface area (Å²) in [5.74, 6) is -1.61. The Hall–Kier alpha value is -3.68. The van der Waals surface area contributed by atoms with Crippen LogP contribution in [0.1, 0.15) is 50.8 Å². The summed E-state index contributed by atoms with van der Waals surface area (Å²) in [7, 11) is 0. The summed E-state index contributed by atoms with van der Waals surface area (Å²) in [6, 6.07) is 10.7. The Labute approximate surface area is 173 Å². The first kappa shape index (κ1) is 21.0. The SMILES string of the molecule is CCOc1cc(C(=O)CCC(=O)OCCN2C(=O)c3ccccc3C2=O)ccc1O. The second-order valence-corrected chi connectivity index (χ2v) is 6.57. The molecule has 1 heterocycles. The van der Waals surface area contributed by atoms with Gasteiger partial charge in [-0.15, -0.1) is 0 Å². The summed E-state index contributed by atoms with van der Waals surface area (Å²) < 4.78 is 10.3. The second-order valence-electron chi connectivity index (χ2n) is 6.57. The van der Waals surface area contributed by atoms with Crippen LogP contribution in [0.25, 0.3) is 0 Å². The minimum atomic E-state index is -0.608. The van der Waals surface area contributed by atoms with Crippen molar-refractivity contribution in [3.05, 3.63) is 59.2 Å². The van der Waals surface area contributed by atoms with E-state index in [-0.39, 0.29) is 43.3 Å². The molecule has 0 atom stereocenters. The van der Waals surface area contributed by atoms with Gasteiger partial charge in [-0.05, 0) is 37.3 Å². The Morgan fingerprint density at radius 2 is 1.67 bits per heavy atom. The van der Waals surface area contributed by atoms with Crippen molar-refractivity contribution < 1.29 is 33.8 Å². The van der Waals surface area contributed by atoms with Gasteiger partial charge < -0.3 is 14.6 Å². The fraction of sp³-hybridized carbons (Fsp3) is 0.273. The van der Waals surface area contributed by atoms with Gasteiger partial charge in [-0.3, -0.25) is 24.1 Å². The van der Waals surface area contributed by atoms with Gasteiger partial charge in [-0.1, -0.05) is 12.1 Å². The monoisotopic (exact) mass is 411 g/mol. The van der Waals surface area contributed by atoms with Gasteiger partial charge in [0.05, 0.1) is 30.7 Å². The number of nitrogens with zero attached hydrogens (tertiary/aromatic N) is 1. The Morgan fingerprint density at radius 1 is 1.00 bits per heavy atom. The summed E-state index contributed by atoms with van der Waals surface area (Å²) in [5.41, 5.74) is 0.981. The Bertz CT molecular complexity index is 964. The number of ketones is 1. The standard InChI is InChI=1S/C22H21NO7/c1-2-29-19-13-14(7-8-18(19)25)17(24)9-10-20(26)30-12-11-23-21(27)15-5-3-4-6-16(15)22(23)28/h3-8,13,25H,2,9-12H2,1H3. The van der Waals surface area contributed by atoms with E-state index in [1.165, 1.54) is 18.2 Å². The van der Waals surface area contributed by atoms with Crippen molar-refractivity contribution in [2.24, 2.45) is 0 Å². The first-order valence-corrected chi connectivity index (χ1v) is 9.52. The predicted octanol–water partition coefficient (Wildman–Crippen LogP) is 2.59. The fourth-order valence-electron chi connectivity index (χ4n) is 3.08. The lowest BCUT2D eigenvalue weighted by atomic mass is 10.1. The third-order valence-electron chi connectivity index (χ3n) is 4.59. The maximum atomic E-state index is 12.3. The van der Waals surface area contributed by atoms with E-state index in [1.807, 2.05) is 0 Å². The molecule has 1 aliphatic heterocycles. The third-order valence-corrected chi connectivity index (χ3v) is 4.59. The second kappa shape index (κ2) is 9.21. The molecule has 2 amide bonds. The molecule has 2 aromatic rings. The molecule has 0 radical (unpaired) electrons. The average molecular weight is 411 g/mol. The summed E-state index contributed by atoms with van der Waals surface area (Å²) in [6.45, 7) is 1.89. The van der Waals surface area contributed by atoms with E-state index in [2.05, 4.69) is 0 Å². The molecule has 0 aromatic heterocycles. The number of imide groups is 1. The van der Waals surface area contributed by atoms with E-state index >= 15 is 0 Å². The number of ether oxygens (including phenoxy) is 2. The summed E-state index contributed by atoms with van der Waals surface area (Å²) in [5, 5.41) is 9.69. The molecular weight excluding hydrogens is 390 g/mol. The molecule has 0 saturated heterocycles. The van der Waals surface area contributed by atoms with Gasteiger partial charge in [0.25, 0.3) is 11.8 Å². The van der Waals surface area contributed by atoms with Crippen molar-refractivity contribution in [3.8, 4) is 11.5 Å². The van der Waals surface area contributed by atoms with E-state index in [0.717, 1.165) is 4.90 Å². The molecular formula is C22H21NO7. The number of phenolic OH excluding ortho intramolecular Hbond substituents is 1. The number of hydrogen-bond acceptors (Lipinski definition) is 7. The number of carbonyl (C=O) groups excluding carboxylic acids is 4. The molecule has 0 aliphatic carbocycles. The molecule has 1 aliphatic rings. The summed E-state index contributed by atoms with van der Waals surface area (Å²) in [4.78, 5) is 49.7. The zero-order chi connectivity index (χ0) is 21.7. The Kier molecular flexibility index (Phi) is 6.46. The lowest BCUT2D eigenvalue weighted by molar-refractivity contribution is -0.143. The molecule has 156 valence electrons. The molecule has 1 N–H and O–H groups in total. The fourth-order valence-corrected chi connectivity index (χ4v) is 3.08. The number of amides is 2. The minimum absolute atomic E-state index is 0.0539. The lowest BCUT2D eigenvalue weighted by Gasteiger charge is -2.13. The van der Waals surface area contributed by atoms with Gasteiger partial charge in [0, 0.05) is 12.0 Å². The average Bonchev–Trinajstić information content (AvgIpc) is 2.99. The van der Waals surface area contributed by atoms with E-state index < -0.39 is 17.8 Å². The normalized spacial score (nSPS) is 12.6. The number of esters is 1. The van der Waals surface area contributed by atoms with Gasteiger partial charge >= 0.3 is 5.97 Å². The first-order chi connectivity index (χ1) is 14.4. The number of hydrogen-bond donors (Lipinski definition) is 1. The van der Waals surface area contributed by atoms with Gasteiger partial charge in [0.2, 0.25) is 0 Å². The van der Waals surface area contributed by atoms with Crippen LogP contribution in [0.15, 0.2) is 42.5 Å². The smallest absolute Gasteiger partial charge is 0.306 e. The van der Waals surface area contributed by atoms with Crippen molar-refractivity contribution in [2.75, 3.05) is 19.8 Å². The van der Waals surface area contributed by atoms with Crippen molar-refractivity contribution in [3.63, 3.8) is 0 Å². The number of phenols is 1. The molecule has 0 bridgehead atoms. The van der Waals surface area contributed by atoms with Crippen LogP contribution < -0.4 is 4.74 Å². The lowest BCUT2D eigenvalue weighted by Crippen LogP contribution is -2.33. The first-order valence-electron chi connectivity index (χ1n) is 9.52. The van der Waals surface area contributed by atoms with E-state index in [4.69, 9.17) is 9.47 Å². The highest BCUT2D eigenvalue weighted by atomic mass is 16.5. The van der Waals surface area contributed by atoms with Crippen molar-refractivity contribution in [1.82, 2.24) is 4.90 Å². The molecule has 0 fully saturated rings. The predicted molar refractivity (Wildman–Crippen MR) is 106 cm³/mol. The summed E-state index contributed by atoms with van der Waals surface area (Å²) >= 11 is 0. The molecule has 30 heavy (non-hydrogen) atoms. The maximum absolute atomic E-state index is 12.3. The number of carbonyl (C=O) groups is 4. The highest BCUT2D eigenvalue weighted by Crippen LogP contribution is 2.27. The molecule has 2 aromatic carbocycles. The highest BCUT2D eigenvalue weighted by molar-refractivity contribution is 6.21. The Balaban J connectivity index is 1.46. The van der Waals surface area contributed by atoms with Gasteiger partial charge in [-0.25, -0.2) is 0 Å². The maximum Gasteiger partial charge on any atom is 0.306 e. The van der Waals surface area contributed by atoms with Crippen molar-refractivity contribution in [1.29, 1.82) is 0 Å². The van der Waals surface area contributed by atoms with E-state index in [9.17, 15) is 24.3 Å². The zero-order valence-corrected chi connectivity index (χ0v) is 16.4.